The number of esters is 1. The molecule has 3 N–H and O–H groups in total. The summed E-state index contributed by atoms with van der Waals surface area (Å²) in [6, 6.07) is 24.3. The number of aromatic nitrogens is 1. The van der Waals surface area contributed by atoms with Crippen molar-refractivity contribution in [2.45, 2.75) is 18.6 Å². The lowest BCUT2D eigenvalue weighted by atomic mass is 10.1. The van der Waals surface area contributed by atoms with Gasteiger partial charge in [0.25, 0.3) is 0 Å². The van der Waals surface area contributed by atoms with E-state index in [1.54, 1.807) is 37.4 Å². The predicted octanol–water partition coefficient (Wildman–Crippen LogP) is 4.96. The van der Waals surface area contributed by atoms with Crippen LogP contribution < -0.4 is 10.6 Å². The Labute approximate surface area is 228 Å². The van der Waals surface area contributed by atoms with Crippen molar-refractivity contribution in [2.75, 3.05) is 11.9 Å². The van der Waals surface area contributed by atoms with E-state index >= 15 is 0 Å². The van der Waals surface area contributed by atoms with Crippen LogP contribution in [0.2, 0.25) is 0 Å². The monoisotopic (exact) mass is 539 g/mol. The molecule has 0 unspecified atom stereocenters. The molecule has 2 heterocycles. The number of nitrogens with zero attached hydrogens (tertiary/aromatic N) is 2. The number of hydrogen-bond donors (Lipinski definition) is 3. The molecule has 0 aliphatic carbocycles. The molecule has 1 fully saturated rings. The molecule has 1 aliphatic heterocycles. The van der Waals surface area contributed by atoms with E-state index in [4.69, 9.17) is 4.74 Å². The molecule has 39 heavy (non-hydrogen) atoms. The van der Waals surface area contributed by atoms with Gasteiger partial charge in [-0.3, -0.25) is 9.59 Å². The first-order chi connectivity index (χ1) is 19.0. The minimum atomic E-state index is -0.634. The standard InChI is InChI=1S/C29H25N5O4S/c1-2-38-28(37)19-12-14-20(15-13-19)31-25(35)16-24-27(36)33-29(39-24)34-30-17-22-21-10-6-7-11-23(21)32-26(22)18-8-4-3-5-9-18/h3-15,17,24,32H,2,16H2,1H3,(H,31,35)(H,33,34,36)/b30-17-/t24-/m0/s1. The van der Waals surface area contributed by atoms with Crippen LogP contribution in [-0.2, 0) is 14.3 Å². The molecule has 3 aromatic carbocycles. The molecule has 0 spiro atoms. The van der Waals surface area contributed by atoms with Crippen molar-refractivity contribution in [3.05, 3.63) is 90.0 Å². The number of para-hydroxylation sites is 1. The van der Waals surface area contributed by atoms with Crippen LogP contribution in [0, 0.1) is 0 Å². The van der Waals surface area contributed by atoms with Gasteiger partial charge in [-0.1, -0.05) is 60.3 Å². The molecule has 196 valence electrons. The fourth-order valence-corrected chi connectivity index (χ4v) is 5.06. The fraction of sp³-hybridized carbons (Fsp3) is 0.138. The van der Waals surface area contributed by atoms with E-state index in [9.17, 15) is 14.4 Å². The summed E-state index contributed by atoms with van der Waals surface area (Å²) >= 11 is 1.16. The van der Waals surface area contributed by atoms with Crippen molar-refractivity contribution in [1.82, 2.24) is 10.3 Å². The van der Waals surface area contributed by atoms with Crippen LogP contribution in [0.3, 0.4) is 0 Å². The van der Waals surface area contributed by atoms with Crippen LogP contribution in [0.4, 0.5) is 5.69 Å². The summed E-state index contributed by atoms with van der Waals surface area (Å²) in [5, 5.41) is 14.6. The van der Waals surface area contributed by atoms with Gasteiger partial charge in [-0.15, -0.1) is 5.10 Å². The molecule has 2 amide bonds. The zero-order valence-corrected chi connectivity index (χ0v) is 21.8. The number of fused-ring (bicyclic) bond motifs is 1. The third-order valence-electron chi connectivity index (χ3n) is 5.97. The van der Waals surface area contributed by atoms with Crippen molar-refractivity contribution < 1.29 is 19.1 Å². The minimum absolute atomic E-state index is 0.0422. The lowest BCUT2D eigenvalue weighted by Crippen LogP contribution is -2.28. The molecule has 0 radical (unpaired) electrons. The number of nitrogens with one attached hydrogen (secondary N) is 3. The highest BCUT2D eigenvalue weighted by molar-refractivity contribution is 8.15. The number of thioether (sulfide) groups is 1. The Kier molecular flexibility index (Phi) is 7.83. The molecular weight excluding hydrogens is 514 g/mol. The highest BCUT2D eigenvalue weighted by Gasteiger charge is 2.32. The number of rotatable bonds is 8. The average Bonchev–Trinajstić information content (AvgIpc) is 3.49. The maximum atomic E-state index is 12.5. The van der Waals surface area contributed by atoms with E-state index in [0.717, 1.165) is 39.5 Å². The van der Waals surface area contributed by atoms with E-state index in [0.29, 0.717) is 16.4 Å². The number of ether oxygens (including phenoxy) is 1. The molecule has 1 aliphatic rings. The highest BCUT2D eigenvalue weighted by atomic mass is 32.2. The number of H-pyrrole nitrogens is 1. The van der Waals surface area contributed by atoms with Crippen LogP contribution >= 0.6 is 11.8 Å². The molecule has 4 aromatic rings. The van der Waals surface area contributed by atoms with E-state index in [2.05, 4.69) is 25.8 Å². The molecule has 9 nitrogen and oxygen atoms in total. The van der Waals surface area contributed by atoms with Gasteiger partial charge < -0.3 is 20.4 Å². The number of carbonyl (C=O) groups excluding carboxylic acids is 3. The van der Waals surface area contributed by atoms with E-state index < -0.39 is 11.2 Å². The summed E-state index contributed by atoms with van der Waals surface area (Å²) in [7, 11) is 0. The predicted molar refractivity (Wildman–Crippen MR) is 154 cm³/mol. The lowest BCUT2D eigenvalue weighted by Gasteiger charge is -2.08. The third-order valence-corrected chi connectivity index (χ3v) is 7.04. The topological polar surface area (TPSA) is 125 Å². The number of carbonyl (C=O) groups is 3. The van der Waals surface area contributed by atoms with Gasteiger partial charge in [-0.25, -0.2) is 4.79 Å². The molecule has 1 saturated heterocycles. The molecule has 5 rings (SSSR count). The average molecular weight is 540 g/mol. The van der Waals surface area contributed by atoms with Crippen LogP contribution in [-0.4, -0.2) is 46.0 Å². The Bertz CT molecular complexity index is 1580. The summed E-state index contributed by atoms with van der Waals surface area (Å²) < 4.78 is 4.96. The van der Waals surface area contributed by atoms with Gasteiger partial charge in [0.1, 0.15) is 5.25 Å². The van der Waals surface area contributed by atoms with Gasteiger partial charge in [0.05, 0.1) is 24.1 Å². The Balaban J connectivity index is 1.24. The quantitative estimate of drug-likeness (QED) is 0.166. The normalized spacial score (nSPS) is 16.1. The summed E-state index contributed by atoms with van der Waals surface area (Å²) in [4.78, 5) is 40.2. The smallest absolute Gasteiger partial charge is 0.338 e. The maximum absolute atomic E-state index is 12.5. The van der Waals surface area contributed by atoms with Gasteiger partial charge >= 0.3 is 5.97 Å². The second kappa shape index (κ2) is 11.8. The number of hydrogen-bond acceptors (Lipinski definition) is 7. The molecule has 0 bridgehead atoms. The van der Waals surface area contributed by atoms with Crippen LogP contribution in [0.1, 0.15) is 29.3 Å². The number of amides is 2. The van der Waals surface area contributed by atoms with Crippen molar-refractivity contribution in [3.63, 3.8) is 0 Å². The van der Waals surface area contributed by atoms with E-state index in [1.807, 2.05) is 54.6 Å². The maximum Gasteiger partial charge on any atom is 0.338 e. The number of anilines is 1. The van der Waals surface area contributed by atoms with Gasteiger partial charge in [0.2, 0.25) is 11.8 Å². The zero-order valence-electron chi connectivity index (χ0n) is 21.0. The summed E-state index contributed by atoms with van der Waals surface area (Å²) in [5.41, 5.74) is 4.73. The van der Waals surface area contributed by atoms with E-state index in [1.165, 1.54) is 0 Å². The molecular formula is C29H25N5O4S. The lowest BCUT2D eigenvalue weighted by molar-refractivity contribution is -0.122. The number of benzene rings is 3. The first-order valence-corrected chi connectivity index (χ1v) is 13.2. The second-order valence-corrected chi connectivity index (χ2v) is 9.81. The first-order valence-electron chi connectivity index (χ1n) is 12.3. The largest absolute Gasteiger partial charge is 0.462 e. The van der Waals surface area contributed by atoms with Gasteiger partial charge in [-0.05, 0) is 42.8 Å². The van der Waals surface area contributed by atoms with Crippen molar-refractivity contribution in [1.29, 1.82) is 0 Å². The summed E-state index contributed by atoms with van der Waals surface area (Å²) in [6.07, 6.45) is 1.63. The summed E-state index contributed by atoms with van der Waals surface area (Å²) in [6.45, 7) is 2.02. The number of amidine groups is 1. The Morgan fingerprint density at radius 1 is 1.03 bits per heavy atom. The zero-order chi connectivity index (χ0) is 27.2. The van der Waals surface area contributed by atoms with Crippen LogP contribution in [0.25, 0.3) is 22.2 Å². The number of aromatic amines is 1. The summed E-state index contributed by atoms with van der Waals surface area (Å²) in [5.74, 6) is -1.06. The SMILES string of the molecule is CCOC(=O)c1ccc(NC(=O)C[C@@H]2S/C(=N\N=C/c3c(-c4ccccc4)[nH]c4ccccc34)NC2=O)cc1. The Morgan fingerprint density at radius 3 is 2.54 bits per heavy atom. The highest BCUT2D eigenvalue weighted by Crippen LogP contribution is 2.29. The van der Waals surface area contributed by atoms with Gasteiger partial charge in [-0.2, -0.15) is 5.10 Å². The third kappa shape index (κ3) is 6.07. The van der Waals surface area contributed by atoms with Crippen molar-refractivity contribution in [3.8, 4) is 11.3 Å². The Hall–Kier alpha value is -4.70. The minimum Gasteiger partial charge on any atom is -0.462 e. The molecule has 10 heteroatoms. The van der Waals surface area contributed by atoms with E-state index in [-0.39, 0.29) is 24.8 Å². The molecule has 1 atom stereocenters. The fourth-order valence-electron chi connectivity index (χ4n) is 4.14. The van der Waals surface area contributed by atoms with Crippen LogP contribution in [0.15, 0.2) is 89.1 Å². The second-order valence-electron chi connectivity index (χ2n) is 8.62. The van der Waals surface area contributed by atoms with Crippen molar-refractivity contribution >= 4 is 57.5 Å². The molecule has 0 saturated carbocycles. The molecule has 1 aromatic heterocycles. The first kappa shape index (κ1) is 25.9. The van der Waals surface area contributed by atoms with Gasteiger partial charge in [0, 0.05) is 28.6 Å². The van der Waals surface area contributed by atoms with Crippen molar-refractivity contribution in [2.24, 2.45) is 10.2 Å². The Morgan fingerprint density at radius 2 is 1.77 bits per heavy atom. The van der Waals surface area contributed by atoms with Gasteiger partial charge in [0.15, 0.2) is 5.17 Å². The van der Waals surface area contributed by atoms with Crippen LogP contribution in [0.5, 0.6) is 0 Å².